The van der Waals surface area contributed by atoms with Crippen molar-refractivity contribution in [3.8, 4) is 5.75 Å². The highest BCUT2D eigenvalue weighted by Crippen LogP contribution is 2.43. The van der Waals surface area contributed by atoms with Crippen LogP contribution in [0.3, 0.4) is 0 Å². The van der Waals surface area contributed by atoms with Crippen molar-refractivity contribution in [2.75, 3.05) is 6.61 Å². The number of ether oxygens (including phenoxy) is 2. The van der Waals surface area contributed by atoms with Gasteiger partial charge in [-0.2, -0.15) is 0 Å². The monoisotopic (exact) mass is 402 g/mol. The molecule has 1 heterocycles. The number of hydrogen-bond acceptors (Lipinski definition) is 4. The van der Waals surface area contributed by atoms with E-state index in [2.05, 4.69) is 0 Å². The molecule has 28 heavy (non-hydrogen) atoms. The molecular weight excluding hydrogens is 380 g/mol. The molecule has 3 unspecified atom stereocenters. The average Bonchev–Trinajstić information content (AvgIpc) is 2.68. The molecule has 2 aromatic rings. The van der Waals surface area contributed by atoms with Gasteiger partial charge < -0.3 is 19.7 Å². The third-order valence-corrected chi connectivity index (χ3v) is 5.04. The lowest BCUT2D eigenvalue weighted by Gasteiger charge is -2.37. The maximum Gasteiger partial charge on any atom is 0.303 e. The maximum absolute atomic E-state index is 10.6. The lowest BCUT2D eigenvalue weighted by molar-refractivity contribution is -0.244. The predicted molar refractivity (Wildman–Crippen MR) is 106 cm³/mol. The van der Waals surface area contributed by atoms with E-state index in [1.165, 1.54) is 0 Å². The molecule has 0 bridgehead atoms. The van der Waals surface area contributed by atoms with Gasteiger partial charge in [0.05, 0.1) is 12.7 Å². The number of aliphatic carboxylic acids is 1. The van der Waals surface area contributed by atoms with E-state index in [0.29, 0.717) is 30.0 Å². The summed E-state index contributed by atoms with van der Waals surface area (Å²) in [6.45, 7) is 0.429. The van der Waals surface area contributed by atoms with Crippen molar-refractivity contribution in [2.24, 2.45) is 5.92 Å². The molecule has 3 rings (SSSR count). The van der Waals surface area contributed by atoms with Gasteiger partial charge in [0.15, 0.2) is 6.29 Å². The van der Waals surface area contributed by atoms with Crippen LogP contribution in [0.1, 0.15) is 42.8 Å². The van der Waals surface area contributed by atoms with Gasteiger partial charge >= 0.3 is 5.97 Å². The first-order valence-corrected chi connectivity index (χ1v) is 9.60. The minimum atomic E-state index is -0.816. The van der Waals surface area contributed by atoms with Crippen LogP contribution in [0.25, 0.3) is 0 Å². The molecule has 3 atom stereocenters. The molecule has 0 radical (unpaired) electrons. The van der Waals surface area contributed by atoms with Crippen LogP contribution in [0.4, 0.5) is 0 Å². The SMILES string of the molecule is O=C(O)CC/C=C/CC1COC(c2ccccc2Cl)OC1c1ccccc1O. The number of halogens is 1. The quantitative estimate of drug-likeness (QED) is 0.618. The summed E-state index contributed by atoms with van der Waals surface area (Å²) >= 11 is 6.29. The molecule has 148 valence electrons. The highest BCUT2D eigenvalue weighted by molar-refractivity contribution is 6.31. The van der Waals surface area contributed by atoms with Crippen molar-refractivity contribution < 1.29 is 24.5 Å². The number of aromatic hydroxyl groups is 1. The molecule has 1 aliphatic rings. The van der Waals surface area contributed by atoms with Crippen LogP contribution in [0.15, 0.2) is 60.7 Å². The third-order valence-electron chi connectivity index (χ3n) is 4.69. The number of rotatable bonds is 7. The molecule has 6 heteroatoms. The zero-order valence-electron chi connectivity index (χ0n) is 15.3. The molecule has 0 aromatic heterocycles. The number of carbonyl (C=O) groups is 1. The minimum absolute atomic E-state index is 0.0203. The zero-order chi connectivity index (χ0) is 19.9. The Kier molecular flexibility index (Phi) is 7.09. The second kappa shape index (κ2) is 9.73. The summed E-state index contributed by atoms with van der Waals surface area (Å²) in [6, 6.07) is 14.5. The Labute approximate surface area is 169 Å². The summed E-state index contributed by atoms with van der Waals surface area (Å²) in [5, 5.41) is 19.6. The van der Waals surface area contributed by atoms with E-state index in [-0.39, 0.29) is 24.2 Å². The number of benzene rings is 2. The Bertz CT molecular complexity index is 835. The average molecular weight is 403 g/mol. The Morgan fingerprint density at radius 2 is 1.82 bits per heavy atom. The number of carboxylic acid groups (broad SMARTS) is 1. The van der Waals surface area contributed by atoms with Gasteiger partial charge in [0.1, 0.15) is 5.75 Å². The Morgan fingerprint density at radius 3 is 2.54 bits per heavy atom. The van der Waals surface area contributed by atoms with Crippen LogP contribution >= 0.6 is 11.6 Å². The van der Waals surface area contributed by atoms with Crippen LogP contribution in [-0.2, 0) is 14.3 Å². The summed E-state index contributed by atoms with van der Waals surface area (Å²) in [5.74, 6) is -0.663. The van der Waals surface area contributed by atoms with Crippen molar-refractivity contribution in [1.29, 1.82) is 0 Å². The van der Waals surface area contributed by atoms with Crippen molar-refractivity contribution in [3.63, 3.8) is 0 Å². The van der Waals surface area contributed by atoms with Gasteiger partial charge in [-0.15, -0.1) is 0 Å². The molecule has 0 amide bonds. The van der Waals surface area contributed by atoms with Gasteiger partial charge in [-0.25, -0.2) is 0 Å². The number of phenolic OH excluding ortho intramolecular Hbond substituents is 1. The number of allylic oxidation sites excluding steroid dienone is 2. The fourth-order valence-electron chi connectivity index (χ4n) is 3.25. The number of carboxylic acids is 1. The van der Waals surface area contributed by atoms with Gasteiger partial charge in [-0.05, 0) is 25.0 Å². The maximum atomic E-state index is 10.6. The van der Waals surface area contributed by atoms with Gasteiger partial charge in [-0.3, -0.25) is 4.79 Å². The van der Waals surface area contributed by atoms with Crippen LogP contribution in [0.5, 0.6) is 5.75 Å². The lowest BCUT2D eigenvalue weighted by Crippen LogP contribution is -2.30. The zero-order valence-corrected chi connectivity index (χ0v) is 16.1. The molecule has 2 N–H and O–H groups in total. The molecule has 2 aromatic carbocycles. The second-order valence-corrected chi connectivity index (χ2v) is 7.11. The second-order valence-electron chi connectivity index (χ2n) is 6.70. The van der Waals surface area contributed by atoms with Crippen molar-refractivity contribution >= 4 is 17.6 Å². The minimum Gasteiger partial charge on any atom is -0.508 e. The highest BCUT2D eigenvalue weighted by Gasteiger charge is 2.35. The summed E-state index contributed by atoms with van der Waals surface area (Å²) in [4.78, 5) is 10.6. The molecule has 1 aliphatic heterocycles. The number of phenols is 1. The first-order chi connectivity index (χ1) is 13.6. The molecule has 0 saturated carbocycles. The predicted octanol–water partition coefficient (Wildman–Crippen LogP) is 5.26. The Morgan fingerprint density at radius 1 is 1.11 bits per heavy atom. The van der Waals surface area contributed by atoms with Crippen LogP contribution in [-0.4, -0.2) is 22.8 Å². The molecule has 5 nitrogen and oxygen atoms in total. The van der Waals surface area contributed by atoms with Crippen molar-refractivity contribution in [1.82, 2.24) is 0 Å². The summed E-state index contributed by atoms with van der Waals surface area (Å²) < 4.78 is 12.2. The normalized spacial score (nSPS) is 22.4. The molecule has 0 spiro atoms. The lowest BCUT2D eigenvalue weighted by atomic mass is 9.91. The fourth-order valence-corrected chi connectivity index (χ4v) is 3.48. The van der Waals surface area contributed by atoms with Crippen molar-refractivity contribution in [2.45, 2.75) is 31.7 Å². The van der Waals surface area contributed by atoms with Crippen LogP contribution < -0.4 is 0 Å². The summed E-state index contributed by atoms with van der Waals surface area (Å²) in [7, 11) is 0. The van der Waals surface area contributed by atoms with E-state index in [1.54, 1.807) is 18.2 Å². The van der Waals surface area contributed by atoms with Gasteiger partial charge in [-0.1, -0.05) is 60.2 Å². The van der Waals surface area contributed by atoms with E-state index in [4.69, 9.17) is 26.2 Å². The smallest absolute Gasteiger partial charge is 0.303 e. The highest BCUT2D eigenvalue weighted by atomic mass is 35.5. The largest absolute Gasteiger partial charge is 0.508 e. The molecule has 1 fully saturated rings. The Hall–Kier alpha value is -2.34. The van der Waals surface area contributed by atoms with E-state index >= 15 is 0 Å². The van der Waals surface area contributed by atoms with E-state index in [9.17, 15) is 9.90 Å². The first-order valence-electron chi connectivity index (χ1n) is 9.22. The summed E-state index contributed by atoms with van der Waals surface area (Å²) in [5.41, 5.74) is 1.45. The van der Waals surface area contributed by atoms with Crippen LogP contribution in [0.2, 0.25) is 5.02 Å². The van der Waals surface area contributed by atoms with Crippen LogP contribution in [0, 0.1) is 5.92 Å². The Balaban J connectivity index is 1.77. The molecular formula is C22H23ClO5. The fraction of sp³-hybridized carbons (Fsp3) is 0.318. The molecule has 0 aliphatic carbocycles. The molecule has 1 saturated heterocycles. The van der Waals surface area contributed by atoms with E-state index < -0.39 is 12.3 Å². The van der Waals surface area contributed by atoms with E-state index in [0.717, 1.165) is 5.56 Å². The summed E-state index contributed by atoms with van der Waals surface area (Å²) in [6.07, 6.45) is 4.04. The topological polar surface area (TPSA) is 76.0 Å². The first kappa shape index (κ1) is 20.4. The third kappa shape index (κ3) is 5.13. The number of hydrogen-bond donors (Lipinski definition) is 2. The van der Waals surface area contributed by atoms with E-state index in [1.807, 2.05) is 42.5 Å². The standard InChI is InChI=1S/C22H23ClO5/c23-18-11-6-4-9-16(18)22-27-14-15(8-2-1-3-13-20(25)26)21(28-22)17-10-5-7-12-19(17)24/h1-2,4-7,9-12,15,21-22,24H,3,8,13-14H2,(H,25,26)/b2-1+. The number of para-hydroxylation sites is 1. The van der Waals surface area contributed by atoms with Crippen molar-refractivity contribution in [3.05, 3.63) is 76.8 Å². The van der Waals surface area contributed by atoms with Gasteiger partial charge in [0.25, 0.3) is 0 Å². The van der Waals surface area contributed by atoms with Gasteiger partial charge in [0.2, 0.25) is 0 Å². The van der Waals surface area contributed by atoms with Gasteiger partial charge in [0, 0.05) is 28.5 Å².